The number of alkyl halides is 3. The highest BCUT2D eigenvalue weighted by Crippen LogP contribution is 2.34. The number of fused-ring (bicyclic) bond motifs is 1. The van der Waals surface area contributed by atoms with Gasteiger partial charge in [-0.15, -0.1) is 0 Å². The van der Waals surface area contributed by atoms with E-state index < -0.39 is 11.7 Å². The van der Waals surface area contributed by atoms with Crippen molar-refractivity contribution in [1.29, 1.82) is 0 Å². The molecule has 0 amide bonds. The van der Waals surface area contributed by atoms with Gasteiger partial charge in [0.2, 0.25) is 5.95 Å². The highest BCUT2D eigenvalue weighted by Gasteiger charge is 2.35. The van der Waals surface area contributed by atoms with Crippen LogP contribution in [0, 0.1) is 6.92 Å². The van der Waals surface area contributed by atoms with Gasteiger partial charge in [-0.05, 0) is 13.3 Å². The molecule has 4 rings (SSSR count). The normalized spacial score (nSPS) is 16.4. The maximum Gasteiger partial charge on any atom is 0.421 e. The van der Waals surface area contributed by atoms with Crippen molar-refractivity contribution in [2.75, 3.05) is 17.7 Å². The van der Waals surface area contributed by atoms with Gasteiger partial charge in [0.1, 0.15) is 11.4 Å². The number of nitrogens with zero attached hydrogens (tertiary/aromatic N) is 6. The Morgan fingerprint density at radius 1 is 1.26 bits per heavy atom. The Morgan fingerprint density at radius 2 is 2.07 bits per heavy atom. The van der Waals surface area contributed by atoms with Gasteiger partial charge < -0.3 is 15.2 Å². The van der Waals surface area contributed by atoms with Crippen molar-refractivity contribution < 1.29 is 13.2 Å². The first-order valence-electron chi connectivity index (χ1n) is 8.31. The number of nitrogens with one attached hydrogen (secondary N) is 2. The summed E-state index contributed by atoms with van der Waals surface area (Å²) in [7, 11) is 1.38. The quantitative estimate of drug-likeness (QED) is 0.726. The largest absolute Gasteiger partial charge is 0.421 e. The number of halogens is 3. The van der Waals surface area contributed by atoms with Crippen LogP contribution in [0.1, 0.15) is 29.4 Å². The van der Waals surface area contributed by atoms with Crippen LogP contribution >= 0.6 is 0 Å². The minimum atomic E-state index is -4.52. The van der Waals surface area contributed by atoms with Gasteiger partial charge in [-0.25, -0.2) is 9.97 Å². The first-order chi connectivity index (χ1) is 12.9. The molecule has 0 aliphatic carbocycles. The van der Waals surface area contributed by atoms with E-state index in [1.54, 1.807) is 6.33 Å². The smallest absolute Gasteiger partial charge is 0.372 e. The minimum absolute atomic E-state index is 0.0615. The molecule has 27 heavy (non-hydrogen) atoms. The van der Waals surface area contributed by atoms with Crippen LogP contribution in [0.25, 0.3) is 0 Å². The Labute approximate surface area is 152 Å². The van der Waals surface area contributed by atoms with Gasteiger partial charge in [0, 0.05) is 26.0 Å². The summed E-state index contributed by atoms with van der Waals surface area (Å²) in [6, 6.07) is 0.0724. The molecule has 1 aliphatic heterocycles. The predicted molar refractivity (Wildman–Crippen MR) is 91.8 cm³/mol. The first kappa shape index (κ1) is 17.3. The third-order valence-electron chi connectivity index (χ3n) is 4.54. The summed E-state index contributed by atoms with van der Waals surface area (Å²) < 4.78 is 42.8. The summed E-state index contributed by atoms with van der Waals surface area (Å²) in [6.07, 6.45) is 2.56. The van der Waals surface area contributed by atoms with E-state index in [1.165, 1.54) is 7.05 Å². The Morgan fingerprint density at radius 3 is 2.81 bits per heavy atom. The Hall–Kier alpha value is -3.11. The first-order valence-corrected chi connectivity index (χ1v) is 8.31. The molecule has 0 spiro atoms. The molecule has 0 saturated heterocycles. The molecule has 0 unspecified atom stereocenters. The van der Waals surface area contributed by atoms with Crippen LogP contribution in [0.4, 0.5) is 30.6 Å². The zero-order chi connectivity index (χ0) is 19.2. The molecule has 11 heteroatoms. The molecule has 2 N–H and O–H groups in total. The van der Waals surface area contributed by atoms with E-state index >= 15 is 0 Å². The summed E-state index contributed by atoms with van der Waals surface area (Å²) in [6.45, 7) is 2.68. The lowest BCUT2D eigenvalue weighted by atomic mass is 10.2. The molecule has 0 radical (unpaired) electrons. The molecular weight excluding hydrogens is 361 g/mol. The van der Waals surface area contributed by atoms with Gasteiger partial charge in [0.05, 0.1) is 35.6 Å². The van der Waals surface area contributed by atoms with Crippen LogP contribution in [0.15, 0.2) is 24.9 Å². The Balaban J connectivity index is 1.60. The van der Waals surface area contributed by atoms with Crippen LogP contribution in [0.5, 0.6) is 0 Å². The molecule has 142 valence electrons. The summed E-state index contributed by atoms with van der Waals surface area (Å²) >= 11 is 0. The van der Waals surface area contributed by atoms with Crippen molar-refractivity contribution in [3.05, 3.63) is 41.9 Å². The topological polar surface area (TPSA) is 85.5 Å². The molecule has 0 aromatic carbocycles. The van der Waals surface area contributed by atoms with E-state index in [0.717, 1.165) is 24.9 Å². The maximum absolute atomic E-state index is 13.0. The fourth-order valence-corrected chi connectivity index (χ4v) is 3.20. The zero-order valence-corrected chi connectivity index (χ0v) is 14.6. The van der Waals surface area contributed by atoms with Gasteiger partial charge in [-0.1, -0.05) is 0 Å². The molecule has 0 fully saturated rings. The summed E-state index contributed by atoms with van der Waals surface area (Å²) in [5.74, 6) is -0.226. The SMILES string of the molecule is CNc1nc(Nc2cn([C@@H]3CCn4cncc43)nc2C)ncc1C(F)(F)F. The number of rotatable bonds is 4. The lowest BCUT2D eigenvalue weighted by Crippen LogP contribution is -2.12. The average molecular weight is 378 g/mol. The summed E-state index contributed by atoms with van der Waals surface area (Å²) in [4.78, 5) is 11.9. The lowest BCUT2D eigenvalue weighted by molar-refractivity contribution is -0.137. The summed E-state index contributed by atoms with van der Waals surface area (Å²) in [5, 5.41) is 9.94. The maximum atomic E-state index is 13.0. The molecule has 0 saturated carbocycles. The van der Waals surface area contributed by atoms with E-state index in [-0.39, 0.29) is 17.8 Å². The van der Waals surface area contributed by atoms with Crippen molar-refractivity contribution in [2.24, 2.45) is 0 Å². The van der Waals surface area contributed by atoms with Gasteiger partial charge in [0.15, 0.2) is 0 Å². The third-order valence-corrected chi connectivity index (χ3v) is 4.54. The summed E-state index contributed by atoms with van der Waals surface area (Å²) in [5.41, 5.74) is 1.49. The number of anilines is 3. The fraction of sp³-hybridized carbons (Fsp3) is 0.375. The molecular formula is C16H17F3N8. The van der Waals surface area contributed by atoms with Crippen molar-refractivity contribution in [1.82, 2.24) is 29.3 Å². The van der Waals surface area contributed by atoms with Crippen LogP contribution in [-0.2, 0) is 12.7 Å². The second-order valence-electron chi connectivity index (χ2n) is 6.25. The van der Waals surface area contributed by atoms with Crippen LogP contribution in [0.3, 0.4) is 0 Å². The van der Waals surface area contributed by atoms with Gasteiger partial charge in [-0.3, -0.25) is 4.68 Å². The minimum Gasteiger partial charge on any atom is -0.372 e. The molecule has 8 nitrogen and oxygen atoms in total. The van der Waals surface area contributed by atoms with Crippen molar-refractivity contribution >= 4 is 17.5 Å². The van der Waals surface area contributed by atoms with Crippen LogP contribution in [-0.4, -0.2) is 36.3 Å². The highest BCUT2D eigenvalue weighted by atomic mass is 19.4. The van der Waals surface area contributed by atoms with Gasteiger partial charge in [0.25, 0.3) is 0 Å². The van der Waals surface area contributed by atoms with Crippen molar-refractivity contribution in [2.45, 2.75) is 32.1 Å². The zero-order valence-electron chi connectivity index (χ0n) is 14.6. The molecule has 4 heterocycles. The van der Waals surface area contributed by atoms with Gasteiger partial charge >= 0.3 is 6.18 Å². The van der Waals surface area contributed by atoms with E-state index in [2.05, 4.69) is 35.3 Å². The number of aromatic nitrogens is 6. The Kier molecular flexibility index (Phi) is 4.01. The second-order valence-corrected chi connectivity index (χ2v) is 6.25. The number of hydrogen-bond donors (Lipinski definition) is 2. The van der Waals surface area contributed by atoms with Crippen LogP contribution in [0.2, 0.25) is 0 Å². The fourth-order valence-electron chi connectivity index (χ4n) is 3.20. The second kappa shape index (κ2) is 6.25. The number of aryl methyl sites for hydroxylation is 2. The third kappa shape index (κ3) is 3.09. The monoisotopic (exact) mass is 378 g/mol. The van der Waals surface area contributed by atoms with Crippen LogP contribution < -0.4 is 10.6 Å². The highest BCUT2D eigenvalue weighted by molar-refractivity contribution is 5.58. The Bertz CT molecular complexity index is 974. The average Bonchev–Trinajstić information content (AvgIpc) is 3.30. The molecule has 3 aromatic heterocycles. The van der Waals surface area contributed by atoms with E-state index in [1.807, 2.05) is 24.0 Å². The number of hydrogen-bond acceptors (Lipinski definition) is 6. The molecule has 0 bridgehead atoms. The van der Waals surface area contributed by atoms with Crippen molar-refractivity contribution in [3.8, 4) is 0 Å². The number of imidazole rings is 1. The standard InChI is InChI=1S/C16H17F3N8/c1-9-11(7-27(25-9)12-3-4-26-8-21-6-13(12)26)23-15-22-5-10(16(17,18)19)14(20-2)24-15/h5-8,12H,3-4H2,1-2H3,(H2,20,22,23,24)/t12-/m1/s1. The molecule has 1 aliphatic rings. The molecule has 3 aromatic rings. The lowest BCUT2D eigenvalue weighted by Gasteiger charge is -2.12. The van der Waals surface area contributed by atoms with E-state index in [0.29, 0.717) is 11.4 Å². The molecule has 1 atom stereocenters. The van der Waals surface area contributed by atoms with E-state index in [9.17, 15) is 13.2 Å². The van der Waals surface area contributed by atoms with Crippen molar-refractivity contribution in [3.63, 3.8) is 0 Å². The predicted octanol–water partition coefficient (Wildman–Crippen LogP) is 2.98. The van der Waals surface area contributed by atoms with E-state index in [4.69, 9.17) is 0 Å². The van der Waals surface area contributed by atoms with Gasteiger partial charge in [-0.2, -0.15) is 23.3 Å².